The maximum Gasteiger partial charge on any atom is 0.413 e. The predicted octanol–water partition coefficient (Wildman–Crippen LogP) is 3.26. The van der Waals surface area contributed by atoms with Crippen LogP contribution < -0.4 is 10.6 Å². The van der Waals surface area contributed by atoms with E-state index in [1.165, 1.54) is 4.90 Å². The van der Waals surface area contributed by atoms with Crippen molar-refractivity contribution >= 4 is 29.6 Å². The van der Waals surface area contributed by atoms with Gasteiger partial charge in [-0.25, -0.2) is 9.78 Å². The molecule has 2 N–H and O–H groups in total. The molecule has 2 aliphatic heterocycles. The van der Waals surface area contributed by atoms with E-state index in [1.807, 2.05) is 36.4 Å². The Morgan fingerprint density at radius 3 is 2.69 bits per heavy atom. The number of nitrogens with zero attached hydrogens (tertiary/aromatic N) is 2. The van der Waals surface area contributed by atoms with Gasteiger partial charge in [0, 0.05) is 24.7 Å². The normalized spacial score (nSPS) is 17.1. The van der Waals surface area contributed by atoms with Crippen LogP contribution in [0.25, 0.3) is 11.1 Å². The van der Waals surface area contributed by atoms with Gasteiger partial charge in [0.25, 0.3) is 5.91 Å². The molecule has 0 spiro atoms. The summed E-state index contributed by atoms with van der Waals surface area (Å²) in [5.74, 6) is -0.689. The number of ether oxygens (including phenoxy) is 1. The van der Waals surface area contributed by atoms with Crippen LogP contribution in [0.3, 0.4) is 0 Å². The summed E-state index contributed by atoms with van der Waals surface area (Å²) in [5.41, 5.74) is 3.81. The standard InChI is InChI=1S/C26H22N4O5/c31-23-9-8-21(24(32)29-23)30-14-19-7-6-16(12-20(19)25(30)33)15-35-26(34)28-22-13-18(10-11-27-22)17-4-2-1-3-5-17/h1-7,10-13,21H,8-9,14-15H2,(H,27,28,34)(H,29,31,32). The molecule has 3 heterocycles. The van der Waals surface area contributed by atoms with E-state index in [-0.39, 0.29) is 24.8 Å². The number of hydrogen-bond acceptors (Lipinski definition) is 6. The molecule has 0 aliphatic carbocycles. The van der Waals surface area contributed by atoms with Crippen molar-refractivity contribution in [3.05, 3.63) is 83.6 Å². The monoisotopic (exact) mass is 470 g/mol. The number of amides is 4. The fraction of sp³-hybridized carbons (Fsp3) is 0.192. The van der Waals surface area contributed by atoms with Gasteiger partial charge in [0.2, 0.25) is 11.8 Å². The topological polar surface area (TPSA) is 118 Å². The van der Waals surface area contributed by atoms with Crippen LogP contribution in [0.1, 0.15) is 34.3 Å². The number of carbonyl (C=O) groups excluding carboxylic acids is 4. The molecule has 0 bridgehead atoms. The van der Waals surface area contributed by atoms with Crippen molar-refractivity contribution in [1.29, 1.82) is 0 Å². The minimum atomic E-state index is -0.669. The van der Waals surface area contributed by atoms with Crippen LogP contribution in [0, 0.1) is 0 Å². The Labute approximate surface area is 201 Å². The highest BCUT2D eigenvalue weighted by atomic mass is 16.5. The molecule has 3 aromatic rings. The summed E-state index contributed by atoms with van der Waals surface area (Å²) in [5, 5.41) is 4.91. The summed E-state index contributed by atoms with van der Waals surface area (Å²) >= 11 is 0. The van der Waals surface area contributed by atoms with E-state index >= 15 is 0 Å². The third-order valence-corrected chi connectivity index (χ3v) is 6.06. The van der Waals surface area contributed by atoms with Gasteiger partial charge >= 0.3 is 6.09 Å². The second-order valence-corrected chi connectivity index (χ2v) is 8.39. The van der Waals surface area contributed by atoms with Crippen LogP contribution in [0.2, 0.25) is 0 Å². The summed E-state index contributed by atoms with van der Waals surface area (Å²) in [4.78, 5) is 54.5. The van der Waals surface area contributed by atoms with E-state index in [0.29, 0.717) is 29.9 Å². The zero-order valence-corrected chi connectivity index (χ0v) is 18.7. The first kappa shape index (κ1) is 22.3. The number of benzene rings is 2. The van der Waals surface area contributed by atoms with E-state index in [0.717, 1.165) is 16.7 Å². The summed E-state index contributed by atoms with van der Waals surface area (Å²) < 4.78 is 5.33. The minimum Gasteiger partial charge on any atom is -0.444 e. The quantitative estimate of drug-likeness (QED) is 0.553. The van der Waals surface area contributed by atoms with Gasteiger partial charge in [-0.15, -0.1) is 0 Å². The van der Waals surface area contributed by atoms with E-state index in [9.17, 15) is 19.2 Å². The third-order valence-electron chi connectivity index (χ3n) is 6.06. The fourth-order valence-corrected chi connectivity index (χ4v) is 4.29. The molecule has 35 heavy (non-hydrogen) atoms. The zero-order chi connectivity index (χ0) is 24.4. The van der Waals surface area contributed by atoms with Crippen molar-refractivity contribution in [1.82, 2.24) is 15.2 Å². The average molecular weight is 470 g/mol. The second-order valence-electron chi connectivity index (χ2n) is 8.39. The molecule has 1 unspecified atom stereocenters. The molecule has 9 heteroatoms. The molecule has 4 amide bonds. The van der Waals surface area contributed by atoms with Crippen LogP contribution in [-0.2, 0) is 27.5 Å². The van der Waals surface area contributed by atoms with Crippen molar-refractivity contribution in [3.63, 3.8) is 0 Å². The Bertz CT molecular complexity index is 1320. The van der Waals surface area contributed by atoms with Crippen molar-refractivity contribution in [2.45, 2.75) is 32.0 Å². The maximum absolute atomic E-state index is 12.9. The number of piperidine rings is 1. The summed E-state index contributed by atoms with van der Waals surface area (Å²) in [6, 6.07) is 17.9. The van der Waals surface area contributed by atoms with Gasteiger partial charge in [-0.05, 0) is 46.9 Å². The predicted molar refractivity (Wildman–Crippen MR) is 126 cm³/mol. The van der Waals surface area contributed by atoms with Crippen LogP contribution in [0.15, 0.2) is 66.9 Å². The molecular weight excluding hydrogens is 448 g/mol. The first-order valence-electron chi connectivity index (χ1n) is 11.2. The highest BCUT2D eigenvalue weighted by molar-refractivity contribution is 6.05. The molecule has 0 saturated carbocycles. The maximum atomic E-state index is 12.9. The SMILES string of the molecule is O=C1CCC(N2Cc3ccc(COC(=O)Nc4cc(-c5ccccc5)ccn4)cc3C2=O)C(=O)N1. The highest BCUT2D eigenvalue weighted by Gasteiger charge is 2.39. The van der Waals surface area contributed by atoms with Crippen molar-refractivity contribution in [2.24, 2.45) is 0 Å². The number of hydrogen-bond donors (Lipinski definition) is 2. The number of pyridine rings is 1. The summed E-state index contributed by atoms with van der Waals surface area (Å²) in [6.07, 6.45) is 1.45. The lowest BCUT2D eigenvalue weighted by Crippen LogP contribution is -2.52. The van der Waals surface area contributed by atoms with Gasteiger partial charge < -0.3 is 9.64 Å². The first-order chi connectivity index (χ1) is 17.0. The lowest BCUT2D eigenvalue weighted by atomic mass is 10.0. The second kappa shape index (κ2) is 9.38. The molecular formula is C26H22N4O5. The summed E-state index contributed by atoms with van der Waals surface area (Å²) in [6.45, 7) is 0.259. The molecule has 2 aromatic carbocycles. The molecule has 1 fully saturated rings. The van der Waals surface area contributed by atoms with Gasteiger partial charge in [0.15, 0.2) is 0 Å². The molecule has 5 rings (SSSR count). The van der Waals surface area contributed by atoms with Gasteiger partial charge in [-0.3, -0.25) is 25.0 Å². The number of rotatable bonds is 5. The largest absolute Gasteiger partial charge is 0.444 e. The Kier molecular flexibility index (Phi) is 5.97. The van der Waals surface area contributed by atoms with Crippen molar-refractivity contribution in [2.75, 3.05) is 5.32 Å². The first-order valence-corrected chi connectivity index (χ1v) is 11.2. The molecule has 2 aliphatic rings. The number of fused-ring (bicyclic) bond motifs is 1. The van der Waals surface area contributed by atoms with Crippen molar-refractivity contribution < 1.29 is 23.9 Å². The Balaban J connectivity index is 1.20. The lowest BCUT2D eigenvalue weighted by Gasteiger charge is -2.29. The number of anilines is 1. The highest BCUT2D eigenvalue weighted by Crippen LogP contribution is 2.28. The van der Waals surface area contributed by atoms with E-state index in [1.54, 1.807) is 30.5 Å². The third kappa shape index (κ3) is 4.74. The van der Waals surface area contributed by atoms with Gasteiger partial charge in [-0.1, -0.05) is 42.5 Å². The van der Waals surface area contributed by atoms with Gasteiger partial charge in [0.05, 0.1) is 0 Å². The van der Waals surface area contributed by atoms with Gasteiger partial charge in [-0.2, -0.15) is 0 Å². The Hall–Kier alpha value is -4.53. The summed E-state index contributed by atoms with van der Waals surface area (Å²) in [7, 11) is 0. The lowest BCUT2D eigenvalue weighted by molar-refractivity contribution is -0.136. The molecule has 1 aromatic heterocycles. The molecule has 9 nitrogen and oxygen atoms in total. The van der Waals surface area contributed by atoms with E-state index < -0.39 is 18.0 Å². The molecule has 176 valence electrons. The molecule has 1 atom stereocenters. The fourth-order valence-electron chi connectivity index (χ4n) is 4.29. The average Bonchev–Trinajstić information content (AvgIpc) is 3.19. The molecule has 1 saturated heterocycles. The molecule has 0 radical (unpaired) electrons. The number of imide groups is 1. The number of carbonyl (C=O) groups is 4. The van der Waals surface area contributed by atoms with E-state index in [2.05, 4.69) is 15.6 Å². The minimum absolute atomic E-state index is 0.0385. The van der Waals surface area contributed by atoms with Crippen LogP contribution in [0.5, 0.6) is 0 Å². The van der Waals surface area contributed by atoms with Gasteiger partial charge in [0.1, 0.15) is 18.5 Å². The van der Waals surface area contributed by atoms with Crippen LogP contribution in [0.4, 0.5) is 10.6 Å². The smallest absolute Gasteiger partial charge is 0.413 e. The Morgan fingerprint density at radius 2 is 1.89 bits per heavy atom. The zero-order valence-electron chi connectivity index (χ0n) is 18.7. The van der Waals surface area contributed by atoms with Crippen LogP contribution >= 0.6 is 0 Å². The van der Waals surface area contributed by atoms with Crippen molar-refractivity contribution in [3.8, 4) is 11.1 Å². The number of nitrogens with one attached hydrogen (secondary N) is 2. The van der Waals surface area contributed by atoms with E-state index in [4.69, 9.17) is 4.74 Å². The van der Waals surface area contributed by atoms with Crippen LogP contribution in [-0.4, -0.2) is 39.7 Å². The Morgan fingerprint density at radius 1 is 1.06 bits per heavy atom. The number of aromatic nitrogens is 1.